The number of fused-ring (bicyclic) bond motifs is 1. The molecule has 1 saturated carbocycles. The summed E-state index contributed by atoms with van der Waals surface area (Å²) in [5, 5.41) is 11.0. The second kappa shape index (κ2) is 5.82. The Labute approximate surface area is 132 Å². The van der Waals surface area contributed by atoms with E-state index in [-0.39, 0.29) is 5.82 Å². The van der Waals surface area contributed by atoms with E-state index in [4.69, 9.17) is 0 Å². The zero-order valence-electron chi connectivity index (χ0n) is 12.3. The summed E-state index contributed by atoms with van der Waals surface area (Å²) in [6.07, 6.45) is 7.90. The molecule has 3 aromatic rings. The molecule has 0 saturated heterocycles. The molecule has 5 heteroatoms. The first-order valence-electron chi connectivity index (χ1n) is 7.69. The Morgan fingerprint density at radius 2 is 2.23 bits per heavy atom. The molecule has 0 amide bonds. The molecule has 4 rings (SSSR count). The molecule has 0 bridgehead atoms. The first kappa shape index (κ1) is 13.9. The fourth-order valence-corrected chi connectivity index (χ4v) is 3.80. The average Bonchev–Trinajstić information content (AvgIpc) is 3.05. The second-order valence-electron chi connectivity index (χ2n) is 5.92. The molecular formula is C17H18FN3S. The Bertz CT molecular complexity index is 788. The quantitative estimate of drug-likeness (QED) is 0.763. The molecule has 22 heavy (non-hydrogen) atoms. The van der Waals surface area contributed by atoms with Crippen molar-refractivity contribution < 1.29 is 4.39 Å². The molecule has 1 aromatic carbocycles. The van der Waals surface area contributed by atoms with E-state index < -0.39 is 0 Å². The molecule has 1 fully saturated rings. The summed E-state index contributed by atoms with van der Waals surface area (Å²) in [6.45, 7) is 1.54. The van der Waals surface area contributed by atoms with E-state index in [0.29, 0.717) is 6.04 Å². The molecule has 1 aliphatic carbocycles. The van der Waals surface area contributed by atoms with E-state index in [9.17, 15) is 4.39 Å². The van der Waals surface area contributed by atoms with Crippen LogP contribution in [0.1, 0.15) is 36.4 Å². The lowest BCUT2D eigenvalue weighted by atomic mass is 9.93. The van der Waals surface area contributed by atoms with E-state index in [1.54, 1.807) is 17.4 Å². The molecule has 0 unspecified atom stereocenters. The van der Waals surface area contributed by atoms with Gasteiger partial charge in [-0.05, 0) is 53.8 Å². The van der Waals surface area contributed by atoms with Gasteiger partial charge in [0.2, 0.25) is 0 Å². The van der Waals surface area contributed by atoms with Gasteiger partial charge >= 0.3 is 0 Å². The highest BCUT2D eigenvalue weighted by atomic mass is 32.1. The number of nitrogens with zero attached hydrogens (tertiary/aromatic N) is 2. The highest BCUT2D eigenvalue weighted by Crippen LogP contribution is 2.30. The summed E-state index contributed by atoms with van der Waals surface area (Å²) < 4.78 is 16.6. The van der Waals surface area contributed by atoms with Crippen molar-refractivity contribution in [3.05, 3.63) is 52.9 Å². The zero-order chi connectivity index (χ0) is 14.9. The number of benzene rings is 1. The molecule has 2 heterocycles. The van der Waals surface area contributed by atoms with Crippen molar-refractivity contribution in [2.24, 2.45) is 0 Å². The maximum atomic E-state index is 13.4. The SMILES string of the molecule is Fc1ccc2scc(CNCc3cnn(C4CCC4)c3)c2c1. The van der Waals surface area contributed by atoms with Crippen molar-refractivity contribution in [1.82, 2.24) is 15.1 Å². The van der Waals surface area contributed by atoms with Crippen LogP contribution in [-0.4, -0.2) is 9.78 Å². The molecule has 0 radical (unpaired) electrons. The summed E-state index contributed by atoms with van der Waals surface area (Å²) in [6, 6.07) is 5.60. The van der Waals surface area contributed by atoms with Crippen LogP contribution < -0.4 is 5.32 Å². The van der Waals surface area contributed by atoms with Crippen LogP contribution in [0, 0.1) is 5.82 Å². The number of aromatic nitrogens is 2. The van der Waals surface area contributed by atoms with Gasteiger partial charge in [-0.25, -0.2) is 4.39 Å². The van der Waals surface area contributed by atoms with Gasteiger partial charge in [0.05, 0.1) is 12.2 Å². The van der Waals surface area contributed by atoms with Crippen molar-refractivity contribution in [2.75, 3.05) is 0 Å². The van der Waals surface area contributed by atoms with Crippen molar-refractivity contribution in [3.63, 3.8) is 0 Å². The maximum absolute atomic E-state index is 13.4. The Morgan fingerprint density at radius 3 is 3.05 bits per heavy atom. The van der Waals surface area contributed by atoms with Crippen LogP contribution in [0.2, 0.25) is 0 Å². The van der Waals surface area contributed by atoms with Crippen LogP contribution in [0.15, 0.2) is 36.0 Å². The van der Waals surface area contributed by atoms with E-state index >= 15 is 0 Å². The topological polar surface area (TPSA) is 29.9 Å². The Morgan fingerprint density at radius 1 is 1.32 bits per heavy atom. The second-order valence-corrected chi connectivity index (χ2v) is 6.83. The summed E-state index contributed by atoms with van der Waals surface area (Å²) in [7, 11) is 0. The maximum Gasteiger partial charge on any atom is 0.123 e. The number of halogens is 1. The standard InChI is InChI=1S/C17H18FN3S/c18-14-4-5-17-16(6-14)13(11-22-17)9-19-7-12-8-20-21(10-12)15-2-1-3-15/h4-6,8,10-11,15,19H,1-3,7,9H2. The summed E-state index contributed by atoms with van der Waals surface area (Å²) >= 11 is 1.66. The third-order valence-electron chi connectivity index (χ3n) is 4.36. The lowest BCUT2D eigenvalue weighted by Crippen LogP contribution is -2.17. The van der Waals surface area contributed by atoms with Crippen LogP contribution in [0.3, 0.4) is 0 Å². The van der Waals surface area contributed by atoms with E-state index in [1.807, 2.05) is 12.3 Å². The predicted octanol–water partition coefficient (Wildman–Crippen LogP) is 4.25. The van der Waals surface area contributed by atoms with Gasteiger partial charge in [0, 0.05) is 29.5 Å². The number of hydrogen-bond acceptors (Lipinski definition) is 3. The van der Waals surface area contributed by atoms with Gasteiger partial charge in [0.25, 0.3) is 0 Å². The fourth-order valence-electron chi connectivity index (χ4n) is 2.85. The molecule has 1 N–H and O–H groups in total. The monoisotopic (exact) mass is 315 g/mol. The van der Waals surface area contributed by atoms with Crippen LogP contribution >= 0.6 is 11.3 Å². The first-order chi connectivity index (χ1) is 10.8. The minimum atomic E-state index is -0.172. The Hall–Kier alpha value is -1.72. The summed E-state index contributed by atoms with van der Waals surface area (Å²) in [4.78, 5) is 0. The van der Waals surface area contributed by atoms with Gasteiger partial charge in [0.1, 0.15) is 5.82 Å². The van der Waals surface area contributed by atoms with E-state index in [2.05, 4.69) is 26.7 Å². The van der Waals surface area contributed by atoms with Crippen LogP contribution in [0.5, 0.6) is 0 Å². The molecular weight excluding hydrogens is 297 g/mol. The summed E-state index contributed by atoms with van der Waals surface area (Å²) in [5.41, 5.74) is 2.36. The van der Waals surface area contributed by atoms with Gasteiger partial charge in [-0.1, -0.05) is 0 Å². The van der Waals surface area contributed by atoms with Crippen LogP contribution in [0.4, 0.5) is 4.39 Å². The summed E-state index contributed by atoms with van der Waals surface area (Å²) in [5.74, 6) is -0.172. The minimum absolute atomic E-state index is 0.172. The molecule has 0 atom stereocenters. The van der Waals surface area contributed by atoms with E-state index in [1.165, 1.54) is 30.9 Å². The highest BCUT2D eigenvalue weighted by molar-refractivity contribution is 7.17. The van der Waals surface area contributed by atoms with Crippen molar-refractivity contribution in [1.29, 1.82) is 0 Å². The van der Waals surface area contributed by atoms with Gasteiger partial charge in [-0.3, -0.25) is 4.68 Å². The number of hydrogen-bond donors (Lipinski definition) is 1. The van der Waals surface area contributed by atoms with Gasteiger partial charge < -0.3 is 5.32 Å². The van der Waals surface area contributed by atoms with Crippen molar-refractivity contribution in [2.45, 2.75) is 38.4 Å². The number of nitrogens with one attached hydrogen (secondary N) is 1. The van der Waals surface area contributed by atoms with Gasteiger partial charge in [-0.15, -0.1) is 11.3 Å². The minimum Gasteiger partial charge on any atom is -0.308 e. The molecule has 0 aliphatic heterocycles. The Balaban J connectivity index is 1.39. The molecule has 114 valence electrons. The van der Waals surface area contributed by atoms with Crippen LogP contribution in [-0.2, 0) is 13.1 Å². The predicted molar refractivity (Wildman–Crippen MR) is 87.4 cm³/mol. The third kappa shape index (κ3) is 2.66. The smallest absolute Gasteiger partial charge is 0.123 e. The normalized spacial score (nSPS) is 15.3. The third-order valence-corrected chi connectivity index (χ3v) is 5.38. The van der Waals surface area contributed by atoms with E-state index in [0.717, 1.165) is 28.7 Å². The highest BCUT2D eigenvalue weighted by Gasteiger charge is 2.19. The number of rotatable bonds is 5. The van der Waals surface area contributed by atoms with Gasteiger partial charge in [-0.2, -0.15) is 5.10 Å². The molecule has 1 aliphatic rings. The first-order valence-corrected chi connectivity index (χ1v) is 8.57. The number of thiophene rings is 1. The molecule has 2 aromatic heterocycles. The lowest BCUT2D eigenvalue weighted by Gasteiger charge is -2.25. The molecule has 3 nitrogen and oxygen atoms in total. The van der Waals surface area contributed by atoms with Gasteiger partial charge in [0.15, 0.2) is 0 Å². The van der Waals surface area contributed by atoms with Crippen molar-refractivity contribution in [3.8, 4) is 0 Å². The largest absolute Gasteiger partial charge is 0.308 e. The van der Waals surface area contributed by atoms with Crippen molar-refractivity contribution >= 4 is 21.4 Å². The molecule has 0 spiro atoms. The lowest BCUT2D eigenvalue weighted by molar-refractivity contribution is 0.289. The zero-order valence-corrected chi connectivity index (χ0v) is 13.1. The Kier molecular flexibility index (Phi) is 3.68. The fraction of sp³-hybridized carbons (Fsp3) is 0.353. The average molecular weight is 315 g/mol. The van der Waals surface area contributed by atoms with Crippen LogP contribution in [0.25, 0.3) is 10.1 Å².